The number of para-hydroxylation sites is 1. The van der Waals surface area contributed by atoms with Gasteiger partial charge in [0.15, 0.2) is 17.2 Å². The average molecular weight is 384 g/mol. The number of rotatable bonds is 4. The predicted octanol–water partition coefficient (Wildman–Crippen LogP) is 1.86. The van der Waals surface area contributed by atoms with Crippen molar-refractivity contribution in [3.63, 3.8) is 0 Å². The van der Waals surface area contributed by atoms with Crippen LogP contribution in [0, 0.1) is 0 Å². The highest BCUT2D eigenvalue weighted by Gasteiger charge is 2.32. The molecule has 0 radical (unpaired) electrons. The molecule has 1 aromatic carbocycles. The standard InChI is InChI=1S/C20H24N4O4/c1-27-16-7-5-6-13(18(16)28-2)19(25)24-11-8-15-14(12-24)17(22-21-15)20(26)23-9-3-4-10-23/h5-7H,3-4,8-12H2,1-2H3,(H,21,22). The summed E-state index contributed by atoms with van der Waals surface area (Å²) in [5, 5.41) is 7.26. The van der Waals surface area contributed by atoms with E-state index in [4.69, 9.17) is 9.47 Å². The molecule has 1 aromatic heterocycles. The average Bonchev–Trinajstić information content (AvgIpc) is 3.41. The summed E-state index contributed by atoms with van der Waals surface area (Å²) >= 11 is 0. The molecule has 1 fully saturated rings. The van der Waals surface area contributed by atoms with Gasteiger partial charge in [0.25, 0.3) is 11.8 Å². The second-order valence-electron chi connectivity index (χ2n) is 7.05. The molecule has 2 amide bonds. The van der Waals surface area contributed by atoms with E-state index >= 15 is 0 Å². The summed E-state index contributed by atoms with van der Waals surface area (Å²) in [6.45, 7) is 2.43. The van der Waals surface area contributed by atoms with Gasteiger partial charge in [-0.3, -0.25) is 14.7 Å². The molecule has 2 aliphatic heterocycles. The van der Waals surface area contributed by atoms with Gasteiger partial charge in [-0.25, -0.2) is 0 Å². The first-order chi connectivity index (χ1) is 13.6. The molecule has 148 valence electrons. The second-order valence-corrected chi connectivity index (χ2v) is 7.05. The number of likely N-dealkylation sites (tertiary alicyclic amines) is 1. The SMILES string of the molecule is COc1cccc(C(=O)N2CCc3[nH]nc(C(=O)N4CCCC4)c3C2)c1OC. The zero-order chi connectivity index (χ0) is 19.7. The lowest BCUT2D eigenvalue weighted by atomic mass is 10.0. The first-order valence-corrected chi connectivity index (χ1v) is 9.49. The number of H-pyrrole nitrogens is 1. The number of hydrogen-bond donors (Lipinski definition) is 1. The minimum atomic E-state index is -0.151. The third-order valence-corrected chi connectivity index (χ3v) is 5.45. The Balaban J connectivity index is 1.60. The van der Waals surface area contributed by atoms with Crippen molar-refractivity contribution in [1.29, 1.82) is 0 Å². The number of aromatic nitrogens is 2. The minimum absolute atomic E-state index is 0.0525. The molecule has 3 heterocycles. The summed E-state index contributed by atoms with van der Waals surface area (Å²) in [4.78, 5) is 29.6. The lowest BCUT2D eigenvalue weighted by Crippen LogP contribution is -2.37. The molecule has 0 atom stereocenters. The molecule has 2 aliphatic rings. The molecule has 0 unspecified atom stereocenters. The number of nitrogens with one attached hydrogen (secondary N) is 1. The van der Waals surface area contributed by atoms with Crippen molar-refractivity contribution in [1.82, 2.24) is 20.0 Å². The monoisotopic (exact) mass is 384 g/mol. The molecule has 0 bridgehead atoms. The largest absolute Gasteiger partial charge is 0.493 e. The van der Waals surface area contributed by atoms with Crippen molar-refractivity contribution in [2.24, 2.45) is 0 Å². The van der Waals surface area contributed by atoms with Crippen LogP contribution in [0.15, 0.2) is 18.2 Å². The van der Waals surface area contributed by atoms with E-state index in [1.807, 2.05) is 4.90 Å². The smallest absolute Gasteiger partial charge is 0.274 e. The Hall–Kier alpha value is -3.03. The highest BCUT2D eigenvalue weighted by atomic mass is 16.5. The Morgan fingerprint density at radius 3 is 2.54 bits per heavy atom. The van der Waals surface area contributed by atoms with Crippen molar-refractivity contribution < 1.29 is 19.1 Å². The van der Waals surface area contributed by atoms with E-state index in [-0.39, 0.29) is 11.8 Å². The maximum absolute atomic E-state index is 13.2. The molecule has 8 nitrogen and oxygen atoms in total. The van der Waals surface area contributed by atoms with Crippen molar-refractivity contribution in [3.05, 3.63) is 40.7 Å². The maximum Gasteiger partial charge on any atom is 0.274 e. The Kier molecular flexibility index (Phi) is 4.93. The van der Waals surface area contributed by atoms with Gasteiger partial charge in [0.05, 0.1) is 26.3 Å². The highest BCUT2D eigenvalue weighted by molar-refractivity contribution is 5.98. The number of nitrogens with zero attached hydrogens (tertiary/aromatic N) is 3. The number of methoxy groups -OCH3 is 2. The van der Waals surface area contributed by atoms with E-state index in [0.29, 0.717) is 42.3 Å². The van der Waals surface area contributed by atoms with Crippen LogP contribution in [-0.4, -0.2) is 65.7 Å². The number of carbonyl (C=O) groups is 2. The summed E-state index contributed by atoms with van der Waals surface area (Å²) in [7, 11) is 3.06. The summed E-state index contributed by atoms with van der Waals surface area (Å²) in [5.74, 6) is 0.728. The third kappa shape index (κ3) is 3.08. The van der Waals surface area contributed by atoms with Gasteiger partial charge in [-0.2, -0.15) is 5.10 Å². The molecule has 4 rings (SSSR count). The Bertz CT molecular complexity index is 902. The number of carbonyl (C=O) groups excluding carboxylic acids is 2. The van der Waals surface area contributed by atoms with Crippen LogP contribution < -0.4 is 9.47 Å². The third-order valence-electron chi connectivity index (χ3n) is 5.45. The van der Waals surface area contributed by atoms with Crippen LogP contribution in [0.5, 0.6) is 11.5 Å². The lowest BCUT2D eigenvalue weighted by molar-refractivity contribution is 0.0719. The van der Waals surface area contributed by atoms with Crippen molar-refractivity contribution in [3.8, 4) is 11.5 Å². The van der Waals surface area contributed by atoms with E-state index in [1.54, 1.807) is 30.2 Å². The van der Waals surface area contributed by atoms with E-state index < -0.39 is 0 Å². The Labute approximate surface area is 163 Å². The van der Waals surface area contributed by atoms with Crippen LogP contribution in [0.2, 0.25) is 0 Å². The van der Waals surface area contributed by atoms with E-state index in [0.717, 1.165) is 37.2 Å². The van der Waals surface area contributed by atoms with Crippen molar-refractivity contribution >= 4 is 11.8 Å². The Morgan fingerprint density at radius 1 is 1.04 bits per heavy atom. The summed E-state index contributed by atoms with van der Waals surface area (Å²) < 4.78 is 10.7. The van der Waals surface area contributed by atoms with Crippen LogP contribution in [-0.2, 0) is 13.0 Å². The molecule has 0 aliphatic carbocycles. The van der Waals surface area contributed by atoms with Gasteiger partial charge in [-0.1, -0.05) is 6.07 Å². The van der Waals surface area contributed by atoms with Gasteiger partial charge in [-0.05, 0) is 25.0 Å². The number of ether oxygens (including phenoxy) is 2. The normalized spacial score (nSPS) is 16.1. The molecule has 2 aromatic rings. The van der Waals surface area contributed by atoms with Gasteiger partial charge in [0.2, 0.25) is 0 Å². The molecule has 1 N–H and O–H groups in total. The molecule has 0 spiro atoms. The van der Waals surface area contributed by atoms with Crippen LogP contribution >= 0.6 is 0 Å². The van der Waals surface area contributed by atoms with Gasteiger partial charge in [-0.15, -0.1) is 0 Å². The molecule has 8 heteroatoms. The first kappa shape index (κ1) is 18.3. The number of benzene rings is 1. The molecular formula is C20H24N4O4. The fraction of sp³-hybridized carbons (Fsp3) is 0.450. The van der Waals surface area contributed by atoms with E-state index in [1.165, 1.54) is 7.11 Å². The van der Waals surface area contributed by atoms with Gasteiger partial charge >= 0.3 is 0 Å². The van der Waals surface area contributed by atoms with Crippen molar-refractivity contribution in [2.45, 2.75) is 25.8 Å². The van der Waals surface area contributed by atoms with Crippen LogP contribution in [0.1, 0.15) is 44.9 Å². The van der Waals surface area contributed by atoms with Gasteiger partial charge < -0.3 is 19.3 Å². The topological polar surface area (TPSA) is 87.8 Å². The van der Waals surface area contributed by atoms with Crippen LogP contribution in [0.4, 0.5) is 0 Å². The van der Waals surface area contributed by atoms with Gasteiger partial charge in [0.1, 0.15) is 0 Å². The number of fused-ring (bicyclic) bond motifs is 1. The van der Waals surface area contributed by atoms with Crippen LogP contribution in [0.25, 0.3) is 0 Å². The maximum atomic E-state index is 13.2. The van der Waals surface area contributed by atoms with Gasteiger partial charge in [0, 0.05) is 37.3 Å². The van der Waals surface area contributed by atoms with E-state index in [9.17, 15) is 9.59 Å². The molecule has 1 saturated heterocycles. The molecule has 28 heavy (non-hydrogen) atoms. The van der Waals surface area contributed by atoms with E-state index in [2.05, 4.69) is 10.2 Å². The molecule has 0 saturated carbocycles. The lowest BCUT2D eigenvalue weighted by Gasteiger charge is -2.28. The second kappa shape index (κ2) is 7.53. The molecular weight excluding hydrogens is 360 g/mol. The quantitative estimate of drug-likeness (QED) is 0.869. The van der Waals surface area contributed by atoms with Crippen molar-refractivity contribution in [2.75, 3.05) is 33.9 Å². The first-order valence-electron chi connectivity index (χ1n) is 9.49. The minimum Gasteiger partial charge on any atom is -0.493 e. The summed E-state index contributed by atoms with van der Waals surface area (Å²) in [6.07, 6.45) is 2.69. The number of aromatic amines is 1. The summed E-state index contributed by atoms with van der Waals surface area (Å²) in [5.41, 5.74) is 2.63. The highest BCUT2D eigenvalue weighted by Crippen LogP contribution is 2.33. The zero-order valence-electron chi connectivity index (χ0n) is 16.2. The van der Waals surface area contributed by atoms with Crippen LogP contribution in [0.3, 0.4) is 0 Å². The number of hydrogen-bond acceptors (Lipinski definition) is 5. The Morgan fingerprint density at radius 2 is 1.82 bits per heavy atom. The summed E-state index contributed by atoms with van der Waals surface area (Å²) in [6, 6.07) is 5.25. The fourth-order valence-corrected chi connectivity index (χ4v) is 3.94. The fourth-order valence-electron chi connectivity index (χ4n) is 3.94. The zero-order valence-corrected chi connectivity index (χ0v) is 16.2. The predicted molar refractivity (Wildman–Crippen MR) is 102 cm³/mol. The number of amides is 2.